The maximum absolute atomic E-state index is 13.5. The second-order valence-corrected chi connectivity index (χ2v) is 7.94. The average molecular weight is 376 g/mol. The monoisotopic (exact) mass is 375 g/mol. The van der Waals surface area contributed by atoms with Crippen molar-refractivity contribution >= 4 is 5.91 Å². The normalized spacial score (nSPS) is 28.2. The van der Waals surface area contributed by atoms with Crippen LogP contribution in [0.15, 0.2) is 30.3 Å². The van der Waals surface area contributed by atoms with Crippen LogP contribution in [0.2, 0.25) is 0 Å². The molecule has 3 atom stereocenters. The van der Waals surface area contributed by atoms with Gasteiger partial charge in [0, 0.05) is 25.3 Å². The van der Waals surface area contributed by atoms with Crippen LogP contribution >= 0.6 is 0 Å². The van der Waals surface area contributed by atoms with Crippen LogP contribution in [0.5, 0.6) is 0 Å². The summed E-state index contributed by atoms with van der Waals surface area (Å²) < 4.78 is 10.8. The highest BCUT2D eigenvalue weighted by Gasteiger charge is 2.53. The zero-order valence-corrected chi connectivity index (χ0v) is 16.6. The molecule has 5 nitrogen and oxygen atoms in total. The third-order valence-electron chi connectivity index (χ3n) is 6.65. The molecule has 1 N–H and O–H groups in total. The van der Waals surface area contributed by atoms with Crippen LogP contribution in [-0.2, 0) is 9.47 Å². The molecule has 0 unspecified atom stereocenters. The number of aliphatic hydroxyl groups is 1. The Hall–Kier alpha value is -1.43. The number of benzene rings is 1. The van der Waals surface area contributed by atoms with Gasteiger partial charge in [0.2, 0.25) is 0 Å². The number of carbonyl (C=O) groups excluding carboxylic acids is 1. The highest BCUT2D eigenvalue weighted by atomic mass is 16.7. The predicted molar refractivity (Wildman–Crippen MR) is 104 cm³/mol. The minimum Gasteiger partial charge on any atom is -0.394 e. The summed E-state index contributed by atoms with van der Waals surface area (Å²) in [5.41, 5.74) is 0.568. The maximum atomic E-state index is 13.5. The standard InChI is InChI=1S/C22H33NO4/c1-26-20(27-2)12-11-18-10-6-7-14-22(18)15-13-19(16-24)23(22)21(25)17-8-4-3-5-9-17/h3-5,8-9,18-20,24H,6-7,10-16H2,1-2H3/t18-,19-,22-/m0/s1. The summed E-state index contributed by atoms with van der Waals surface area (Å²) in [7, 11) is 3.35. The Balaban J connectivity index is 1.87. The van der Waals surface area contributed by atoms with Crippen molar-refractivity contribution in [3.8, 4) is 0 Å². The highest BCUT2D eigenvalue weighted by Crippen LogP contribution is 2.50. The Kier molecular flexibility index (Phi) is 6.90. The molecule has 1 aromatic carbocycles. The van der Waals surface area contributed by atoms with Gasteiger partial charge in [-0.05, 0) is 56.6 Å². The van der Waals surface area contributed by atoms with Crippen LogP contribution in [0.25, 0.3) is 0 Å². The summed E-state index contributed by atoms with van der Waals surface area (Å²) >= 11 is 0. The van der Waals surface area contributed by atoms with E-state index >= 15 is 0 Å². The molecule has 1 amide bonds. The van der Waals surface area contributed by atoms with Gasteiger partial charge in [0.1, 0.15) is 0 Å². The largest absolute Gasteiger partial charge is 0.394 e. The summed E-state index contributed by atoms with van der Waals surface area (Å²) in [6.45, 7) is 0.0335. The molecule has 1 aliphatic heterocycles. The molecule has 2 fully saturated rings. The molecule has 2 aliphatic rings. The molecule has 150 valence electrons. The zero-order chi connectivity index (χ0) is 19.3. The van der Waals surface area contributed by atoms with Crippen molar-refractivity contribution in [3.05, 3.63) is 35.9 Å². The summed E-state index contributed by atoms with van der Waals surface area (Å²) in [6.07, 6.45) is 7.96. The number of hydrogen-bond acceptors (Lipinski definition) is 4. The minimum atomic E-state index is -0.197. The van der Waals surface area contributed by atoms with E-state index in [0.29, 0.717) is 11.5 Å². The van der Waals surface area contributed by atoms with Crippen molar-refractivity contribution in [1.82, 2.24) is 4.90 Å². The minimum absolute atomic E-state index is 0.0335. The SMILES string of the molecule is COC(CC[C@@H]1CCCC[C@]12CC[C@@H](CO)N2C(=O)c1ccccc1)OC. The molecule has 1 spiro atoms. The van der Waals surface area contributed by atoms with Crippen LogP contribution in [0.1, 0.15) is 61.7 Å². The number of ether oxygens (including phenoxy) is 2. The summed E-state index contributed by atoms with van der Waals surface area (Å²) in [5, 5.41) is 9.99. The number of hydrogen-bond donors (Lipinski definition) is 1. The molecule has 0 radical (unpaired) electrons. The van der Waals surface area contributed by atoms with E-state index in [1.54, 1.807) is 14.2 Å². The van der Waals surface area contributed by atoms with E-state index in [0.717, 1.165) is 44.9 Å². The summed E-state index contributed by atoms with van der Waals surface area (Å²) in [5.74, 6) is 0.484. The van der Waals surface area contributed by atoms with Gasteiger partial charge in [-0.2, -0.15) is 0 Å². The molecule has 1 saturated carbocycles. The molecule has 5 heteroatoms. The lowest BCUT2D eigenvalue weighted by Crippen LogP contribution is -2.57. The fourth-order valence-electron chi connectivity index (χ4n) is 5.31. The first-order chi connectivity index (χ1) is 13.2. The van der Waals surface area contributed by atoms with Crippen molar-refractivity contribution < 1.29 is 19.4 Å². The summed E-state index contributed by atoms with van der Waals surface area (Å²) in [4.78, 5) is 15.5. The van der Waals surface area contributed by atoms with Crippen molar-refractivity contribution in [2.45, 2.75) is 69.2 Å². The van der Waals surface area contributed by atoms with Gasteiger partial charge in [-0.3, -0.25) is 4.79 Å². The highest BCUT2D eigenvalue weighted by molar-refractivity contribution is 5.95. The van der Waals surface area contributed by atoms with Crippen molar-refractivity contribution in [2.24, 2.45) is 5.92 Å². The maximum Gasteiger partial charge on any atom is 0.254 e. The van der Waals surface area contributed by atoms with Crippen molar-refractivity contribution in [2.75, 3.05) is 20.8 Å². The van der Waals surface area contributed by atoms with Crippen LogP contribution in [0, 0.1) is 5.92 Å². The average Bonchev–Trinajstić information content (AvgIpc) is 3.08. The van der Waals surface area contributed by atoms with Crippen LogP contribution in [0.4, 0.5) is 0 Å². The molecule has 3 rings (SSSR count). The lowest BCUT2D eigenvalue weighted by atomic mass is 9.69. The Bertz CT molecular complexity index is 604. The van der Waals surface area contributed by atoms with Crippen LogP contribution in [-0.4, -0.2) is 54.6 Å². The van der Waals surface area contributed by atoms with E-state index in [4.69, 9.17) is 9.47 Å². The van der Waals surface area contributed by atoms with Gasteiger partial charge in [-0.1, -0.05) is 31.0 Å². The lowest BCUT2D eigenvalue weighted by Gasteiger charge is -2.49. The zero-order valence-electron chi connectivity index (χ0n) is 16.6. The third-order valence-corrected chi connectivity index (χ3v) is 6.65. The molecule has 1 aromatic rings. The van der Waals surface area contributed by atoms with Gasteiger partial charge < -0.3 is 19.5 Å². The second-order valence-electron chi connectivity index (χ2n) is 7.94. The van der Waals surface area contributed by atoms with E-state index in [1.807, 2.05) is 30.3 Å². The van der Waals surface area contributed by atoms with Crippen LogP contribution in [0.3, 0.4) is 0 Å². The number of rotatable bonds is 7. The number of aliphatic hydroxyl groups excluding tert-OH is 1. The Morgan fingerprint density at radius 2 is 1.93 bits per heavy atom. The quantitative estimate of drug-likeness (QED) is 0.740. The molecule has 0 aromatic heterocycles. The van der Waals surface area contributed by atoms with E-state index in [-0.39, 0.29) is 30.4 Å². The van der Waals surface area contributed by atoms with Gasteiger partial charge in [-0.15, -0.1) is 0 Å². The van der Waals surface area contributed by atoms with Crippen LogP contribution < -0.4 is 0 Å². The first-order valence-electron chi connectivity index (χ1n) is 10.2. The number of nitrogens with zero attached hydrogens (tertiary/aromatic N) is 1. The fourth-order valence-corrected chi connectivity index (χ4v) is 5.31. The molecule has 0 bridgehead atoms. The van der Waals surface area contributed by atoms with Gasteiger partial charge in [0.25, 0.3) is 5.91 Å². The molecule has 1 saturated heterocycles. The topological polar surface area (TPSA) is 59.0 Å². The van der Waals surface area contributed by atoms with Crippen molar-refractivity contribution in [3.63, 3.8) is 0 Å². The van der Waals surface area contributed by atoms with E-state index in [1.165, 1.54) is 6.42 Å². The fraction of sp³-hybridized carbons (Fsp3) is 0.682. The predicted octanol–water partition coefficient (Wildman–Crippen LogP) is 3.61. The second kappa shape index (κ2) is 9.18. The van der Waals surface area contributed by atoms with Gasteiger partial charge in [0.05, 0.1) is 12.6 Å². The first-order valence-corrected chi connectivity index (χ1v) is 10.2. The van der Waals surface area contributed by atoms with E-state index < -0.39 is 0 Å². The molecule has 1 heterocycles. The molecular weight excluding hydrogens is 342 g/mol. The smallest absolute Gasteiger partial charge is 0.254 e. The molecule has 27 heavy (non-hydrogen) atoms. The Morgan fingerprint density at radius 3 is 2.59 bits per heavy atom. The van der Waals surface area contributed by atoms with Gasteiger partial charge in [0.15, 0.2) is 6.29 Å². The van der Waals surface area contributed by atoms with Gasteiger partial charge in [-0.25, -0.2) is 0 Å². The Labute approximate surface area is 162 Å². The van der Waals surface area contributed by atoms with E-state index in [9.17, 15) is 9.90 Å². The number of carbonyl (C=O) groups is 1. The van der Waals surface area contributed by atoms with Gasteiger partial charge >= 0.3 is 0 Å². The van der Waals surface area contributed by atoms with E-state index in [2.05, 4.69) is 4.90 Å². The number of amides is 1. The third kappa shape index (κ3) is 4.05. The number of likely N-dealkylation sites (tertiary alicyclic amines) is 1. The number of methoxy groups -OCH3 is 2. The summed E-state index contributed by atoms with van der Waals surface area (Å²) in [6, 6.07) is 9.42. The Morgan fingerprint density at radius 1 is 1.19 bits per heavy atom. The molecule has 1 aliphatic carbocycles. The molecular formula is C22H33NO4. The van der Waals surface area contributed by atoms with Crippen molar-refractivity contribution in [1.29, 1.82) is 0 Å². The lowest BCUT2D eigenvalue weighted by molar-refractivity contribution is -0.112. The first kappa shape index (κ1) is 20.3.